The van der Waals surface area contributed by atoms with Crippen molar-refractivity contribution in [2.75, 3.05) is 7.11 Å². The van der Waals surface area contributed by atoms with Crippen molar-refractivity contribution in [2.24, 2.45) is 5.92 Å². The Morgan fingerprint density at radius 1 is 0.964 bits per heavy atom. The lowest BCUT2D eigenvalue weighted by atomic mass is 9.89. The van der Waals surface area contributed by atoms with E-state index in [9.17, 15) is 13.2 Å². The van der Waals surface area contributed by atoms with Crippen LogP contribution in [0.2, 0.25) is 0 Å². The largest absolute Gasteiger partial charge is 0.468 e. The summed E-state index contributed by atoms with van der Waals surface area (Å²) in [5, 5.41) is 0. The van der Waals surface area contributed by atoms with E-state index in [1.807, 2.05) is 53.7 Å². The van der Waals surface area contributed by atoms with Crippen molar-refractivity contribution in [2.45, 2.75) is 90.5 Å². The summed E-state index contributed by atoms with van der Waals surface area (Å²) in [5.41, 5.74) is 2.70. The van der Waals surface area contributed by atoms with Crippen LogP contribution in [-0.2, 0) is 19.6 Å². The van der Waals surface area contributed by atoms with Crippen LogP contribution in [0.3, 0.4) is 0 Å². The highest BCUT2D eigenvalue weighted by Gasteiger charge is 2.34. The quantitative estimate of drug-likeness (QED) is 0.585. The minimum atomic E-state index is -3.91. The number of hydrogen-bond acceptors (Lipinski definition) is 4. The Bertz CT molecular complexity index is 753. The summed E-state index contributed by atoms with van der Waals surface area (Å²) in [4.78, 5) is 12.6. The Labute approximate surface area is 171 Å². The van der Waals surface area contributed by atoms with Gasteiger partial charge in [0.15, 0.2) is 0 Å². The van der Waals surface area contributed by atoms with Gasteiger partial charge in [0, 0.05) is 0 Å². The molecule has 28 heavy (non-hydrogen) atoms. The van der Waals surface area contributed by atoms with Crippen LogP contribution >= 0.6 is 0 Å². The van der Waals surface area contributed by atoms with Gasteiger partial charge in [-0.15, -0.1) is 0 Å². The van der Waals surface area contributed by atoms with Crippen molar-refractivity contribution in [3.63, 3.8) is 0 Å². The van der Waals surface area contributed by atoms with E-state index in [1.165, 1.54) is 7.11 Å². The second-order valence-electron chi connectivity index (χ2n) is 8.50. The summed E-state index contributed by atoms with van der Waals surface area (Å²) in [6.07, 6.45) is 0.655. The van der Waals surface area contributed by atoms with Gasteiger partial charge in [0.2, 0.25) is 10.0 Å². The van der Waals surface area contributed by atoms with Crippen LogP contribution in [-0.4, -0.2) is 27.5 Å². The van der Waals surface area contributed by atoms with Crippen molar-refractivity contribution in [3.05, 3.63) is 28.8 Å². The molecule has 0 amide bonds. The fourth-order valence-electron chi connectivity index (χ4n) is 3.19. The van der Waals surface area contributed by atoms with E-state index in [1.54, 1.807) is 0 Å². The highest BCUT2D eigenvalue weighted by Crippen LogP contribution is 2.35. The second-order valence-corrected chi connectivity index (χ2v) is 10.2. The second kappa shape index (κ2) is 9.88. The van der Waals surface area contributed by atoms with Crippen LogP contribution in [0, 0.1) is 5.92 Å². The van der Waals surface area contributed by atoms with E-state index in [0.717, 1.165) is 16.7 Å². The number of rotatable bonds is 9. The maximum atomic E-state index is 13.5. The Balaban J connectivity index is 3.68. The van der Waals surface area contributed by atoms with Gasteiger partial charge in [-0.3, -0.25) is 4.79 Å². The smallest absolute Gasteiger partial charge is 0.324 e. The first-order valence-corrected chi connectivity index (χ1v) is 11.6. The van der Waals surface area contributed by atoms with Crippen molar-refractivity contribution < 1.29 is 17.9 Å². The molecule has 0 aliphatic rings. The molecule has 0 saturated carbocycles. The fourth-order valence-corrected chi connectivity index (χ4v) is 5.18. The molecule has 0 saturated heterocycles. The number of ether oxygens (including phenoxy) is 1. The van der Waals surface area contributed by atoms with Gasteiger partial charge < -0.3 is 4.74 Å². The van der Waals surface area contributed by atoms with Crippen LogP contribution in [0.5, 0.6) is 0 Å². The molecule has 0 bridgehead atoms. The van der Waals surface area contributed by atoms with E-state index in [0.29, 0.717) is 17.2 Å². The monoisotopic (exact) mass is 411 g/mol. The number of carbonyl (C=O) groups is 1. The van der Waals surface area contributed by atoms with E-state index in [-0.39, 0.29) is 17.8 Å². The van der Waals surface area contributed by atoms with Gasteiger partial charge in [0.25, 0.3) is 0 Å². The number of hydrogen-bond donors (Lipinski definition) is 1. The topological polar surface area (TPSA) is 72.5 Å². The van der Waals surface area contributed by atoms with E-state index < -0.39 is 22.0 Å². The predicted molar refractivity (Wildman–Crippen MR) is 114 cm³/mol. The molecule has 0 aromatic heterocycles. The molecule has 1 rings (SSSR count). The highest BCUT2D eigenvalue weighted by molar-refractivity contribution is 7.89. The standard InChI is InChI=1S/C22H37NO4S/c1-10-16(8)20(22(24)27-9)23-28(25,26)21-18(14(4)5)11-17(13(2)3)12-19(21)15(6)7/h11-16,20,23H,10H2,1-9H3/t16-,20+/m1/s1. The summed E-state index contributed by atoms with van der Waals surface area (Å²) < 4.78 is 34.5. The number of methoxy groups -OCH3 is 1. The van der Waals surface area contributed by atoms with Gasteiger partial charge in [-0.2, -0.15) is 4.72 Å². The number of benzene rings is 1. The zero-order valence-electron chi connectivity index (χ0n) is 18.8. The van der Waals surface area contributed by atoms with Crippen molar-refractivity contribution in [3.8, 4) is 0 Å². The first kappa shape index (κ1) is 24.6. The van der Waals surface area contributed by atoms with E-state index in [4.69, 9.17) is 4.74 Å². The minimum absolute atomic E-state index is 0.0305. The molecule has 0 heterocycles. The number of sulfonamides is 1. The molecular formula is C22H37NO4S. The molecule has 0 aliphatic carbocycles. The van der Waals surface area contributed by atoms with Crippen molar-refractivity contribution >= 4 is 16.0 Å². The van der Waals surface area contributed by atoms with Gasteiger partial charge in [-0.05, 0) is 40.4 Å². The number of carbonyl (C=O) groups excluding carboxylic acids is 1. The molecule has 0 radical (unpaired) electrons. The lowest BCUT2D eigenvalue weighted by Gasteiger charge is -2.26. The molecule has 1 aromatic carbocycles. The predicted octanol–water partition coefficient (Wildman–Crippen LogP) is 4.92. The van der Waals surface area contributed by atoms with E-state index >= 15 is 0 Å². The van der Waals surface area contributed by atoms with Crippen molar-refractivity contribution in [1.29, 1.82) is 0 Å². The summed E-state index contributed by atoms with van der Waals surface area (Å²) in [6, 6.07) is 3.07. The molecule has 0 spiro atoms. The Morgan fingerprint density at radius 2 is 1.43 bits per heavy atom. The zero-order chi connectivity index (χ0) is 21.8. The van der Waals surface area contributed by atoms with Crippen molar-refractivity contribution in [1.82, 2.24) is 4.72 Å². The molecule has 5 nitrogen and oxygen atoms in total. The Morgan fingerprint density at radius 3 is 1.75 bits per heavy atom. The molecule has 0 unspecified atom stereocenters. The van der Waals surface area contributed by atoms with Gasteiger partial charge in [-0.25, -0.2) is 8.42 Å². The van der Waals surface area contributed by atoms with Gasteiger partial charge in [0.05, 0.1) is 12.0 Å². The molecule has 2 atom stereocenters. The zero-order valence-corrected chi connectivity index (χ0v) is 19.6. The Kier molecular flexibility index (Phi) is 8.69. The summed E-state index contributed by atoms with van der Waals surface area (Å²) in [6.45, 7) is 16.0. The average Bonchev–Trinajstić information content (AvgIpc) is 2.63. The lowest BCUT2D eigenvalue weighted by Crippen LogP contribution is -2.46. The maximum Gasteiger partial charge on any atom is 0.324 e. The number of esters is 1. The van der Waals surface area contributed by atoms with Crippen LogP contribution < -0.4 is 4.72 Å². The molecule has 1 N–H and O–H groups in total. The molecular weight excluding hydrogens is 374 g/mol. The van der Waals surface area contributed by atoms with Gasteiger partial charge >= 0.3 is 5.97 Å². The first-order valence-electron chi connectivity index (χ1n) is 10.1. The summed E-state index contributed by atoms with van der Waals surface area (Å²) >= 11 is 0. The Hall–Kier alpha value is -1.40. The van der Waals surface area contributed by atoms with Crippen LogP contribution in [0.15, 0.2) is 17.0 Å². The molecule has 1 aromatic rings. The van der Waals surface area contributed by atoms with Gasteiger partial charge in [0.1, 0.15) is 6.04 Å². The molecule has 0 aliphatic heterocycles. The van der Waals surface area contributed by atoms with E-state index in [2.05, 4.69) is 18.6 Å². The lowest BCUT2D eigenvalue weighted by molar-refractivity contribution is -0.143. The maximum absolute atomic E-state index is 13.5. The van der Waals surface area contributed by atoms with Crippen LogP contribution in [0.4, 0.5) is 0 Å². The number of nitrogens with one attached hydrogen (secondary N) is 1. The normalized spacial score (nSPS) is 14.6. The molecule has 0 fully saturated rings. The van der Waals surface area contributed by atoms with Crippen LogP contribution in [0.1, 0.15) is 96.3 Å². The first-order chi connectivity index (χ1) is 12.9. The fraction of sp³-hybridized carbons (Fsp3) is 0.682. The average molecular weight is 412 g/mol. The minimum Gasteiger partial charge on any atom is -0.468 e. The third-order valence-electron chi connectivity index (χ3n) is 5.30. The van der Waals surface area contributed by atoms with Crippen LogP contribution in [0.25, 0.3) is 0 Å². The van der Waals surface area contributed by atoms with Gasteiger partial charge in [-0.1, -0.05) is 73.9 Å². The summed E-state index contributed by atoms with van der Waals surface area (Å²) in [7, 11) is -2.63. The molecule has 160 valence electrons. The summed E-state index contributed by atoms with van der Waals surface area (Å²) in [5.74, 6) is -0.385. The SMILES string of the molecule is CC[C@@H](C)[C@H](NS(=O)(=O)c1c(C(C)C)cc(C(C)C)cc1C(C)C)C(=O)OC. The molecule has 6 heteroatoms. The third-order valence-corrected chi connectivity index (χ3v) is 6.87. The highest BCUT2D eigenvalue weighted by atomic mass is 32.2. The third kappa shape index (κ3) is 5.57.